The number of fused-ring (bicyclic) bond motifs is 1. The summed E-state index contributed by atoms with van der Waals surface area (Å²) in [6.07, 6.45) is 0.792. The van der Waals surface area contributed by atoms with Crippen molar-refractivity contribution in [2.24, 2.45) is 0 Å². The van der Waals surface area contributed by atoms with Crippen LogP contribution >= 0.6 is 0 Å². The molecule has 0 saturated heterocycles. The Bertz CT molecular complexity index is 749. The third kappa shape index (κ3) is 2.08. The number of halogens is 1. The van der Waals surface area contributed by atoms with Crippen LogP contribution in [0.4, 0.5) is 15.9 Å². The maximum Gasteiger partial charge on any atom is 0.154 e. The fraction of sp³-hybridized carbons (Fsp3) is 0. The summed E-state index contributed by atoms with van der Waals surface area (Å²) in [5.74, 6) is 0.246. The van der Waals surface area contributed by atoms with Crippen LogP contribution in [-0.2, 0) is 0 Å². The second-order valence-corrected chi connectivity index (χ2v) is 4.21. The van der Waals surface area contributed by atoms with E-state index in [0.29, 0.717) is 17.1 Å². The van der Waals surface area contributed by atoms with Gasteiger partial charge < -0.3 is 10.3 Å². The van der Waals surface area contributed by atoms with Gasteiger partial charge in [0.05, 0.1) is 5.56 Å². The third-order valence-electron chi connectivity index (χ3n) is 2.96. The van der Waals surface area contributed by atoms with Crippen molar-refractivity contribution in [3.8, 4) is 0 Å². The number of anilines is 2. The minimum Gasteiger partial charge on any atom is -0.341 e. The van der Waals surface area contributed by atoms with Gasteiger partial charge in [0.15, 0.2) is 6.29 Å². The number of rotatable bonds is 3. The Labute approximate surface area is 109 Å². The maximum atomic E-state index is 13.1. The number of carbonyl (C=O) groups is 1. The molecule has 1 aromatic heterocycles. The average molecular weight is 254 g/mol. The highest BCUT2D eigenvalue weighted by molar-refractivity contribution is 6.03. The van der Waals surface area contributed by atoms with Gasteiger partial charge in [-0.25, -0.2) is 4.39 Å². The normalized spacial score (nSPS) is 10.6. The molecule has 0 amide bonds. The van der Waals surface area contributed by atoms with E-state index in [2.05, 4.69) is 10.3 Å². The molecule has 0 unspecified atom stereocenters. The molecule has 0 bridgehead atoms. The Kier molecular flexibility index (Phi) is 2.76. The van der Waals surface area contributed by atoms with Crippen LogP contribution in [0.25, 0.3) is 10.9 Å². The molecule has 0 saturated carbocycles. The molecule has 94 valence electrons. The molecule has 19 heavy (non-hydrogen) atoms. The number of aromatic nitrogens is 1. The SMILES string of the molecule is O=Cc1c(Nc2cccc(F)c2)[nH]c2ccccc12. The summed E-state index contributed by atoms with van der Waals surface area (Å²) < 4.78 is 13.1. The molecule has 0 aliphatic carbocycles. The average Bonchev–Trinajstić information content (AvgIpc) is 2.75. The quantitative estimate of drug-likeness (QED) is 0.697. The molecule has 0 radical (unpaired) electrons. The summed E-state index contributed by atoms with van der Waals surface area (Å²) in [5, 5.41) is 3.87. The van der Waals surface area contributed by atoms with Crippen molar-refractivity contribution in [3.05, 3.63) is 59.9 Å². The van der Waals surface area contributed by atoms with Crippen LogP contribution in [0, 0.1) is 5.82 Å². The smallest absolute Gasteiger partial charge is 0.154 e. The molecule has 0 aliphatic rings. The van der Waals surface area contributed by atoms with E-state index in [4.69, 9.17) is 0 Å². The Morgan fingerprint density at radius 1 is 1.11 bits per heavy atom. The van der Waals surface area contributed by atoms with Gasteiger partial charge in [0.2, 0.25) is 0 Å². The molecule has 0 aliphatic heterocycles. The molecule has 0 atom stereocenters. The molecule has 2 aromatic carbocycles. The molecule has 1 heterocycles. The van der Waals surface area contributed by atoms with E-state index < -0.39 is 0 Å². The van der Waals surface area contributed by atoms with Gasteiger partial charge in [-0.2, -0.15) is 0 Å². The first-order valence-corrected chi connectivity index (χ1v) is 5.86. The molecule has 4 heteroatoms. The second-order valence-electron chi connectivity index (χ2n) is 4.21. The van der Waals surface area contributed by atoms with E-state index in [0.717, 1.165) is 17.2 Å². The van der Waals surface area contributed by atoms with Gasteiger partial charge in [-0.1, -0.05) is 24.3 Å². The molecule has 3 rings (SSSR count). The third-order valence-corrected chi connectivity index (χ3v) is 2.96. The van der Waals surface area contributed by atoms with Crippen LogP contribution in [0.5, 0.6) is 0 Å². The summed E-state index contributed by atoms with van der Waals surface area (Å²) >= 11 is 0. The van der Waals surface area contributed by atoms with E-state index in [1.807, 2.05) is 24.3 Å². The van der Waals surface area contributed by atoms with Crippen LogP contribution < -0.4 is 5.32 Å². The van der Waals surface area contributed by atoms with Gasteiger partial charge in [0.1, 0.15) is 11.6 Å². The zero-order valence-corrected chi connectivity index (χ0v) is 9.98. The van der Waals surface area contributed by atoms with E-state index in [-0.39, 0.29) is 5.82 Å². The van der Waals surface area contributed by atoms with E-state index in [1.165, 1.54) is 12.1 Å². The van der Waals surface area contributed by atoms with Crippen molar-refractivity contribution in [1.82, 2.24) is 4.98 Å². The molecular formula is C15H11FN2O. The maximum absolute atomic E-state index is 13.1. The Morgan fingerprint density at radius 3 is 2.74 bits per heavy atom. The zero-order chi connectivity index (χ0) is 13.2. The van der Waals surface area contributed by atoms with Crippen molar-refractivity contribution in [3.63, 3.8) is 0 Å². The Balaban J connectivity index is 2.07. The highest BCUT2D eigenvalue weighted by atomic mass is 19.1. The number of carbonyl (C=O) groups excluding carboxylic acids is 1. The first-order valence-electron chi connectivity index (χ1n) is 5.86. The van der Waals surface area contributed by atoms with Gasteiger partial charge in [0.25, 0.3) is 0 Å². The number of hydrogen-bond acceptors (Lipinski definition) is 2. The van der Waals surface area contributed by atoms with Crippen LogP contribution in [-0.4, -0.2) is 11.3 Å². The Hall–Kier alpha value is -2.62. The van der Waals surface area contributed by atoms with Gasteiger partial charge in [0, 0.05) is 16.6 Å². The lowest BCUT2D eigenvalue weighted by Crippen LogP contribution is -1.94. The number of aldehydes is 1. The predicted octanol–water partition coefficient (Wildman–Crippen LogP) is 3.86. The number of nitrogens with one attached hydrogen (secondary N) is 2. The van der Waals surface area contributed by atoms with Gasteiger partial charge in [-0.15, -0.1) is 0 Å². The number of benzene rings is 2. The van der Waals surface area contributed by atoms with Crippen molar-refractivity contribution in [1.29, 1.82) is 0 Å². The minimum atomic E-state index is -0.325. The first-order chi connectivity index (χ1) is 9.28. The van der Waals surface area contributed by atoms with Crippen molar-refractivity contribution in [2.75, 3.05) is 5.32 Å². The van der Waals surface area contributed by atoms with Crippen molar-refractivity contribution < 1.29 is 9.18 Å². The zero-order valence-electron chi connectivity index (χ0n) is 9.98. The highest BCUT2D eigenvalue weighted by Crippen LogP contribution is 2.27. The molecule has 2 N–H and O–H groups in total. The number of aromatic amines is 1. The van der Waals surface area contributed by atoms with Gasteiger partial charge in [-0.05, 0) is 24.3 Å². The number of H-pyrrole nitrogens is 1. The van der Waals surface area contributed by atoms with Gasteiger partial charge >= 0.3 is 0 Å². The monoisotopic (exact) mass is 254 g/mol. The van der Waals surface area contributed by atoms with Crippen LogP contribution in [0.2, 0.25) is 0 Å². The summed E-state index contributed by atoms with van der Waals surface area (Å²) in [4.78, 5) is 14.3. The minimum absolute atomic E-state index is 0.325. The molecular weight excluding hydrogens is 243 g/mol. The molecule has 3 nitrogen and oxygen atoms in total. The number of para-hydroxylation sites is 1. The first kappa shape index (κ1) is 11.5. The van der Waals surface area contributed by atoms with E-state index in [9.17, 15) is 9.18 Å². The van der Waals surface area contributed by atoms with Gasteiger partial charge in [-0.3, -0.25) is 4.79 Å². The fourth-order valence-electron chi connectivity index (χ4n) is 2.10. The lowest BCUT2D eigenvalue weighted by molar-refractivity contribution is 0.112. The second kappa shape index (κ2) is 4.57. The predicted molar refractivity (Wildman–Crippen MR) is 73.4 cm³/mol. The highest BCUT2D eigenvalue weighted by Gasteiger charge is 2.10. The fourth-order valence-corrected chi connectivity index (χ4v) is 2.10. The van der Waals surface area contributed by atoms with Crippen LogP contribution in [0.15, 0.2) is 48.5 Å². The van der Waals surface area contributed by atoms with Crippen molar-refractivity contribution in [2.45, 2.75) is 0 Å². The summed E-state index contributed by atoms with van der Waals surface area (Å²) in [5.41, 5.74) is 2.00. The van der Waals surface area contributed by atoms with Crippen LogP contribution in [0.3, 0.4) is 0 Å². The van der Waals surface area contributed by atoms with Crippen LogP contribution in [0.1, 0.15) is 10.4 Å². The summed E-state index contributed by atoms with van der Waals surface area (Å²) in [6.45, 7) is 0. The standard InChI is InChI=1S/C15H11FN2O/c16-10-4-3-5-11(8-10)17-15-13(9-19)12-6-1-2-7-14(12)18-15/h1-9,17-18H. The lowest BCUT2D eigenvalue weighted by atomic mass is 10.2. The number of hydrogen-bond donors (Lipinski definition) is 2. The van der Waals surface area contributed by atoms with Crippen molar-refractivity contribution >= 4 is 28.7 Å². The van der Waals surface area contributed by atoms with E-state index in [1.54, 1.807) is 12.1 Å². The largest absolute Gasteiger partial charge is 0.341 e. The molecule has 3 aromatic rings. The molecule has 0 fully saturated rings. The summed E-state index contributed by atoms with van der Waals surface area (Å²) in [6, 6.07) is 13.6. The Morgan fingerprint density at radius 2 is 1.95 bits per heavy atom. The molecule has 0 spiro atoms. The lowest BCUT2D eigenvalue weighted by Gasteiger charge is -2.04. The summed E-state index contributed by atoms with van der Waals surface area (Å²) in [7, 11) is 0. The van der Waals surface area contributed by atoms with E-state index >= 15 is 0 Å². The topological polar surface area (TPSA) is 44.9 Å².